The van der Waals surface area contributed by atoms with Crippen molar-refractivity contribution >= 4 is 11.6 Å². The van der Waals surface area contributed by atoms with E-state index in [9.17, 15) is 4.79 Å². The molecule has 110 valence electrons. The first-order chi connectivity index (χ1) is 9.69. The molecule has 1 aromatic rings. The molecule has 0 fully saturated rings. The Hall–Kier alpha value is -1.75. The predicted octanol–water partition coefficient (Wildman–Crippen LogP) is 2.17. The smallest absolute Gasteiger partial charge is 0.238 e. The number of hydrogen-bond donors (Lipinski definition) is 2. The van der Waals surface area contributed by atoms with E-state index >= 15 is 0 Å². The van der Waals surface area contributed by atoms with Gasteiger partial charge in [-0.2, -0.15) is 0 Å². The zero-order chi connectivity index (χ0) is 14.4. The molecule has 0 spiro atoms. The molecular weight excluding hydrogens is 256 g/mol. The van der Waals surface area contributed by atoms with Gasteiger partial charge in [0.2, 0.25) is 5.91 Å². The normalized spacial score (nSPS) is 14.7. The average molecular weight is 278 g/mol. The topological polar surface area (TPSA) is 59.6 Å². The summed E-state index contributed by atoms with van der Waals surface area (Å²) in [6, 6.07) is 5.78. The number of amides is 1. The molecule has 0 radical (unpaired) electrons. The van der Waals surface area contributed by atoms with Crippen LogP contribution in [0.4, 0.5) is 5.69 Å². The lowest BCUT2D eigenvalue weighted by Crippen LogP contribution is -2.34. The molecule has 0 bridgehead atoms. The molecule has 0 saturated heterocycles. The van der Waals surface area contributed by atoms with Crippen molar-refractivity contribution in [1.82, 2.24) is 5.32 Å². The summed E-state index contributed by atoms with van der Waals surface area (Å²) in [5.74, 6) is 1.36. The van der Waals surface area contributed by atoms with Crippen LogP contribution in [0.15, 0.2) is 18.2 Å². The highest BCUT2D eigenvalue weighted by atomic mass is 16.6. The Morgan fingerprint density at radius 3 is 2.80 bits per heavy atom. The first-order valence-electron chi connectivity index (χ1n) is 7.12. The molecule has 0 saturated carbocycles. The molecular formula is C15H22N2O3. The van der Waals surface area contributed by atoms with E-state index in [-0.39, 0.29) is 5.91 Å². The fraction of sp³-hybridized carbons (Fsp3) is 0.533. The monoisotopic (exact) mass is 278 g/mol. The number of rotatable bonds is 6. The summed E-state index contributed by atoms with van der Waals surface area (Å²) in [5.41, 5.74) is 0.726. The fourth-order valence-corrected chi connectivity index (χ4v) is 2.13. The van der Waals surface area contributed by atoms with Crippen molar-refractivity contribution in [1.29, 1.82) is 0 Å². The van der Waals surface area contributed by atoms with Gasteiger partial charge in [-0.3, -0.25) is 4.79 Å². The minimum atomic E-state index is -0.0513. The summed E-state index contributed by atoms with van der Waals surface area (Å²) in [6.07, 6.45) is 2.18. The third-order valence-corrected chi connectivity index (χ3v) is 3.16. The number of ether oxygens (including phenoxy) is 2. The Morgan fingerprint density at radius 1 is 1.30 bits per heavy atom. The third kappa shape index (κ3) is 4.13. The summed E-state index contributed by atoms with van der Waals surface area (Å²) in [4.78, 5) is 11.8. The van der Waals surface area contributed by atoms with Gasteiger partial charge in [0.15, 0.2) is 11.5 Å². The lowest BCUT2D eigenvalue weighted by Gasteiger charge is -2.19. The SMILES string of the molecule is CCCC(C)NCC(=O)Nc1ccc2c(c1)OCCO2. The van der Waals surface area contributed by atoms with Gasteiger partial charge in [0.05, 0.1) is 6.54 Å². The van der Waals surface area contributed by atoms with Gasteiger partial charge < -0.3 is 20.1 Å². The van der Waals surface area contributed by atoms with Crippen molar-refractivity contribution < 1.29 is 14.3 Å². The second-order valence-corrected chi connectivity index (χ2v) is 4.98. The fourth-order valence-electron chi connectivity index (χ4n) is 2.13. The van der Waals surface area contributed by atoms with Crippen LogP contribution < -0.4 is 20.1 Å². The van der Waals surface area contributed by atoms with Crippen molar-refractivity contribution in [2.45, 2.75) is 32.7 Å². The van der Waals surface area contributed by atoms with Crippen LogP contribution >= 0.6 is 0 Å². The van der Waals surface area contributed by atoms with E-state index in [1.165, 1.54) is 0 Å². The molecule has 1 amide bonds. The number of carbonyl (C=O) groups is 1. The van der Waals surface area contributed by atoms with Crippen LogP contribution in [0, 0.1) is 0 Å². The number of nitrogens with one attached hydrogen (secondary N) is 2. The maximum atomic E-state index is 11.8. The van der Waals surface area contributed by atoms with Gasteiger partial charge in [0.1, 0.15) is 13.2 Å². The quantitative estimate of drug-likeness (QED) is 0.837. The zero-order valence-corrected chi connectivity index (χ0v) is 12.1. The summed E-state index contributed by atoms with van der Waals surface area (Å²) < 4.78 is 10.9. The Balaban J connectivity index is 1.85. The van der Waals surface area contributed by atoms with Gasteiger partial charge in [0.25, 0.3) is 0 Å². The lowest BCUT2D eigenvalue weighted by molar-refractivity contribution is -0.115. The van der Waals surface area contributed by atoms with Crippen molar-refractivity contribution in [2.24, 2.45) is 0 Å². The Bertz CT molecular complexity index is 462. The number of fused-ring (bicyclic) bond motifs is 1. The van der Waals surface area contributed by atoms with Gasteiger partial charge >= 0.3 is 0 Å². The van der Waals surface area contributed by atoms with E-state index in [0.29, 0.717) is 31.5 Å². The average Bonchev–Trinajstić information content (AvgIpc) is 2.45. The summed E-state index contributed by atoms with van der Waals surface area (Å²) in [5, 5.41) is 6.05. The van der Waals surface area contributed by atoms with Gasteiger partial charge in [-0.1, -0.05) is 13.3 Å². The number of hydrogen-bond acceptors (Lipinski definition) is 4. The maximum Gasteiger partial charge on any atom is 0.238 e. The van der Waals surface area contributed by atoms with E-state index in [1.54, 1.807) is 6.07 Å². The van der Waals surface area contributed by atoms with Crippen molar-refractivity contribution in [3.8, 4) is 11.5 Å². The van der Waals surface area contributed by atoms with Crippen molar-refractivity contribution in [3.05, 3.63) is 18.2 Å². The van der Waals surface area contributed by atoms with Crippen LogP contribution in [0.25, 0.3) is 0 Å². The van der Waals surface area contributed by atoms with E-state index < -0.39 is 0 Å². The highest BCUT2D eigenvalue weighted by Gasteiger charge is 2.12. The van der Waals surface area contributed by atoms with Gasteiger partial charge in [-0.15, -0.1) is 0 Å². The van der Waals surface area contributed by atoms with Gasteiger partial charge in [0, 0.05) is 17.8 Å². The molecule has 1 aromatic carbocycles. The molecule has 0 aromatic heterocycles. The van der Waals surface area contributed by atoms with Crippen LogP contribution in [-0.2, 0) is 4.79 Å². The van der Waals surface area contributed by atoms with Crippen molar-refractivity contribution in [3.63, 3.8) is 0 Å². The van der Waals surface area contributed by atoms with Crippen LogP contribution in [0.1, 0.15) is 26.7 Å². The number of carbonyl (C=O) groups excluding carboxylic acids is 1. The first-order valence-corrected chi connectivity index (χ1v) is 7.12. The zero-order valence-electron chi connectivity index (χ0n) is 12.1. The largest absolute Gasteiger partial charge is 0.486 e. The Morgan fingerprint density at radius 2 is 2.05 bits per heavy atom. The van der Waals surface area contributed by atoms with Crippen LogP contribution in [0.2, 0.25) is 0 Å². The minimum Gasteiger partial charge on any atom is -0.486 e. The molecule has 2 rings (SSSR count). The molecule has 1 unspecified atom stereocenters. The van der Waals surface area contributed by atoms with E-state index in [2.05, 4.69) is 24.5 Å². The molecule has 1 aliphatic heterocycles. The van der Waals surface area contributed by atoms with E-state index in [0.717, 1.165) is 24.3 Å². The third-order valence-electron chi connectivity index (χ3n) is 3.16. The van der Waals surface area contributed by atoms with E-state index in [1.807, 2.05) is 12.1 Å². The molecule has 1 heterocycles. The maximum absolute atomic E-state index is 11.8. The predicted molar refractivity (Wildman–Crippen MR) is 78.4 cm³/mol. The van der Waals surface area contributed by atoms with Crippen molar-refractivity contribution in [2.75, 3.05) is 25.1 Å². The molecule has 5 nitrogen and oxygen atoms in total. The number of anilines is 1. The molecule has 2 N–H and O–H groups in total. The van der Waals surface area contributed by atoms with Crippen LogP contribution in [0.3, 0.4) is 0 Å². The molecule has 20 heavy (non-hydrogen) atoms. The van der Waals surface area contributed by atoms with Gasteiger partial charge in [-0.25, -0.2) is 0 Å². The van der Waals surface area contributed by atoms with Crippen LogP contribution in [-0.4, -0.2) is 31.7 Å². The Kier molecular flexibility index (Phi) is 5.24. The van der Waals surface area contributed by atoms with Crippen LogP contribution in [0.5, 0.6) is 11.5 Å². The number of benzene rings is 1. The summed E-state index contributed by atoms with van der Waals surface area (Å²) >= 11 is 0. The summed E-state index contributed by atoms with van der Waals surface area (Å²) in [6.45, 7) is 5.64. The lowest BCUT2D eigenvalue weighted by atomic mass is 10.2. The highest BCUT2D eigenvalue weighted by Crippen LogP contribution is 2.32. The minimum absolute atomic E-state index is 0.0513. The molecule has 1 aliphatic rings. The summed E-state index contributed by atoms with van der Waals surface area (Å²) in [7, 11) is 0. The molecule has 1 atom stereocenters. The second-order valence-electron chi connectivity index (χ2n) is 4.98. The van der Waals surface area contributed by atoms with E-state index in [4.69, 9.17) is 9.47 Å². The first kappa shape index (κ1) is 14.7. The highest BCUT2D eigenvalue weighted by molar-refractivity contribution is 5.92. The molecule has 5 heteroatoms. The Labute approximate surface area is 119 Å². The molecule has 0 aliphatic carbocycles. The standard InChI is InChI=1S/C15H22N2O3/c1-3-4-11(2)16-10-15(18)17-12-5-6-13-14(9-12)20-8-7-19-13/h5-6,9,11,16H,3-4,7-8,10H2,1-2H3,(H,17,18). The second kappa shape index (κ2) is 7.14. The van der Waals surface area contributed by atoms with Gasteiger partial charge in [-0.05, 0) is 25.5 Å².